The monoisotopic (exact) mass is 535 g/mol. The molecule has 0 unspecified atom stereocenters. The zero-order valence-corrected chi connectivity index (χ0v) is 21.5. The number of hydrogen-bond donors (Lipinski definition) is 0. The van der Waals surface area contributed by atoms with Gasteiger partial charge in [-0.25, -0.2) is 0 Å². The molecule has 0 atom stereocenters. The molecule has 5 heteroatoms. The molecule has 0 aliphatic carbocycles. The van der Waals surface area contributed by atoms with Crippen molar-refractivity contribution in [3.63, 3.8) is 0 Å². The van der Waals surface area contributed by atoms with E-state index in [-0.39, 0.29) is 0 Å². The van der Waals surface area contributed by atoms with Crippen LogP contribution in [-0.4, -0.2) is 53.5 Å². The third-order valence-electron chi connectivity index (χ3n) is 5.12. The second-order valence-electron chi connectivity index (χ2n) is 7.61. The average molecular weight is 535 g/mol. The third-order valence-corrected chi connectivity index (χ3v) is 9.87. The van der Waals surface area contributed by atoms with E-state index in [9.17, 15) is 0 Å². The van der Waals surface area contributed by atoms with Crippen molar-refractivity contribution in [1.82, 2.24) is 0 Å². The van der Waals surface area contributed by atoms with Crippen LogP contribution in [-0.2, 0) is 9.47 Å². The van der Waals surface area contributed by atoms with Crippen molar-refractivity contribution in [2.45, 2.75) is 0 Å². The van der Waals surface area contributed by atoms with Gasteiger partial charge in [-0.1, -0.05) is 18.2 Å². The molecule has 0 aliphatic heterocycles. The fraction of sp³-hybridized carbons (Fsp3) is 0.200. The van der Waals surface area contributed by atoms with Gasteiger partial charge in [-0.3, -0.25) is 0 Å². The Morgan fingerprint density at radius 2 is 0.886 bits per heavy atom. The molecular weight excluding hydrogens is 503 g/mol. The van der Waals surface area contributed by atoms with E-state index in [0.29, 0.717) is 39.6 Å². The molecule has 0 fully saturated rings. The van der Waals surface area contributed by atoms with E-state index in [1.165, 1.54) is 13.4 Å². The Morgan fingerprint density at radius 1 is 0.429 bits per heavy atom. The Morgan fingerprint density at radius 3 is 1.49 bits per heavy atom. The summed E-state index contributed by atoms with van der Waals surface area (Å²) >= 11 is -1.48. The molecule has 0 N–H and O–H groups in total. The van der Waals surface area contributed by atoms with Crippen LogP contribution in [0.4, 0.5) is 0 Å². The molecule has 4 aromatic carbocycles. The molecular formula is C30H31O4Se+. The first-order valence-corrected chi connectivity index (χ1v) is 14.4. The van der Waals surface area contributed by atoms with Crippen molar-refractivity contribution >= 4 is 27.3 Å². The van der Waals surface area contributed by atoms with Crippen LogP contribution in [0.2, 0.25) is 0 Å². The average Bonchev–Trinajstić information content (AvgIpc) is 2.92. The Labute approximate surface area is 212 Å². The molecule has 0 amide bonds. The van der Waals surface area contributed by atoms with E-state index in [2.05, 4.69) is 78.9 Å². The van der Waals surface area contributed by atoms with Gasteiger partial charge in [0.1, 0.15) is 5.75 Å². The van der Waals surface area contributed by atoms with Crippen molar-refractivity contribution in [2.24, 2.45) is 0 Å². The van der Waals surface area contributed by atoms with E-state index < -0.39 is 13.9 Å². The molecule has 0 aromatic heterocycles. The fourth-order valence-electron chi connectivity index (χ4n) is 3.51. The van der Waals surface area contributed by atoms with E-state index in [1.807, 2.05) is 36.4 Å². The predicted molar refractivity (Wildman–Crippen MR) is 143 cm³/mol. The van der Waals surface area contributed by atoms with Crippen LogP contribution in [0.25, 0.3) is 0 Å². The molecule has 0 aliphatic rings. The van der Waals surface area contributed by atoms with E-state index in [4.69, 9.17) is 18.9 Å². The first kappa shape index (κ1) is 25.0. The molecule has 0 spiro atoms. The van der Waals surface area contributed by atoms with Crippen LogP contribution >= 0.6 is 0 Å². The predicted octanol–water partition coefficient (Wildman–Crippen LogP) is 3.69. The Hall–Kier alpha value is -3.08. The van der Waals surface area contributed by atoms with Gasteiger partial charge in [-0.15, -0.1) is 0 Å². The largest absolute Gasteiger partial charge is 0.0586 e. The fourth-order valence-corrected chi connectivity index (χ4v) is 8.09. The van der Waals surface area contributed by atoms with E-state index in [1.54, 1.807) is 0 Å². The van der Waals surface area contributed by atoms with Crippen LogP contribution in [0.1, 0.15) is 0 Å². The smallest absolute Gasteiger partial charge is 0.0200 e. The summed E-state index contributed by atoms with van der Waals surface area (Å²) < 4.78 is 27.1. The maximum Gasteiger partial charge on any atom is -0.0200 e. The van der Waals surface area contributed by atoms with Gasteiger partial charge in [-0.05, 0) is 12.1 Å². The molecule has 4 rings (SSSR count). The molecule has 0 saturated heterocycles. The number of rotatable bonds is 14. The second-order valence-corrected chi connectivity index (χ2v) is 11.8. The number of para-hydroxylation sites is 2. The van der Waals surface area contributed by atoms with Gasteiger partial charge < -0.3 is 0 Å². The minimum absolute atomic E-state index is 0.497. The van der Waals surface area contributed by atoms with Crippen molar-refractivity contribution in [2.75, 3.05) is 39.6 Å². The first-order chi connectivity index (χ1) is 17.4. The van der Waals surface area contributed by atoms with E-state index >= 15 is 0 Å². The third kappa shape index (κ3) is 7.98. The molecule has 4 aromatic rings. The molecule has 0 heterocycles. The molecule has 0 radical (unpaired) electrons. The Bertz CT molecular complexity index is 1070. The van der Waals surface area contributed by atoms with Gasteiger partial charge in [-0.2, -0.15) is 0 Å². The summed E-state index contributed by atoms with van der Waals surface area (Å²) in [5.74, 6) is 1.79. The minimum Gasteiger partial charge on any atom is -0.0586 e. The normalized spacial score (nSPS) is 10.9. The van der Waals surface area contributed by atoms with Crippen molar-refractivity contribution in [3.8, 4) is 11.5 Å². The quantitative estimate of drug-likeness (QED) is 0.183. The number of benzene rings is 4. The van der Waals surface area contributed by atoms with Crippen molar-refractivity contribution < 1.29 is 18.9 Å². The molecule has 0 saturated carbocycles. The Kier molecular flexibility index (Phi) is 10.3. The number of ether oxygens (including phenoxy) is 4. The maximum absolute atomic E-state index is 6.20. The van der Waals surface area contributed by atoms with E-state index in [0.717, 1.165) is 11.5 Å². The summed E-state index contributed by atoms with van der Waals surface area (Å²) in [6, 6.07) is 39.6. The van der Waals surface area contributed by atoms with Crippen LogP contribution in [0, 0.1) is 0 Å². The number of hydrogen-bond acceptors (Lipinski definition) is 4. The summed E-state index contributed by atoms with van der Waals surface area (Å²) in [6.07, 6.45) is 0. The molecule has 180 valence electrons. The van der Waals surface area contributed by atoms with Crippen LogP contribution in [0.5, 0.6) is 11.5 Å². The molecule has 0 bridgehead atoms. The van der Waals surface area contributed by atoms with Gasteiger partial charge in [0.2, 0.25) is 0 Å². The minimum atomic E-state index is -1.48. The maximum atomic E-state index is 6.20. The zero-order chi connectivity index (χ0) is 24.0. The van der Waals surface area contributed by atoms with Gasteiger partial charge in [0.15, 0.2) is 0 Å². The van der Waals surface area contributed by atoms with Gasteiger partial charge >= 0.3 is 177 Å². The summed E-state index contributed by atoms with van der Waals surface area (Å²) in [7, 11) is 0. The summed E-state index contributed by atoms with van der Waals surface area (Å²) in [6.45, 7) is 3.13. The standard InChI is InChI=1S/C30H31O4Se/c1-4-12-26(13-5-1)33-24-22-31-20-21-32-23-25-34-29-18-10-11-19-30(29)35(27-14-6-2-7-15-27)28-16-8-3-9-17-28/h1-19H,20-25H2/q+1. The molecule has 4 nitrogen and oxygen atoms in total. The van der Waals surface area contributed by atoms with Gasteiger partial charge in [0.25, 0.3) is 0 Å². The van der Waals surface area contributed by atoms with Gasteiger partial charge in [0.05, 0.1) is 0 Å². The molecule has 35 heavy (non-hydrogen) atoms. The van der Waals surface area contributed by atoms with Crippen LogP contribution < -0.4 is 22.9 Å². The van der Waals surface area contributed by atoms with Gasteiger partial charge in [0, 0.05) is 0 Å². The van der Waals surface area contributed by atoms with Crippen LogP contribution in [0.3, 0.4) is 0 Å². The van der Waals surface area contributed by atoms with Crippen molar-refractivity contribution in [3.05, 3.63) is 115 Å². The zero-order valence-electron chi connectivity index (χ0n) is 19.8. The summed E-state index contributed by atoms with van der Waals surface area (Å²) in [4.78, 5) is 0. The SMILES string of the molecule is c1ccc(OCCOCCOCCOc2ccccc2[Se+](c2ccccc2)c2ccccc2)cc1. The van der Waals surface area contributed by atoms with Crippen molar-refractivity contribution in [1.29, 1.82) is 0 Å². The Balaban J connectivity index is 1.23. The second kappa shape index (κ2) is 14.3. The van der Waals surface area contributed by atoms with Crippen LogP contribution in [0.15, 0.2) is 115 Å². The summed E-state index contributed by atoms with van der Waals surface area (Å²) in [5, 5.41) is 0. The first-order valence-electron chi connectivity index (χ1n) is 11.8. The topological polar surface area (TPSA) is 36.9 Å². The summed E-state index contributed by atoms with van der Waals surface area (Å²) in [5.41, 5.74) is 0.